The van der Waals surface area contributed by atoms with E-state index in [0.29, 0.717) is 11.8 Å². The van der Waals surface area contributed by atoms with E-state index in [4.69, 9.17) is 5.11 Å². The third-order valence-electron chi connectivity index (χ3n) is 4.58. The van der Waals surface area contributed by atoms with Crippen LogP contribution in [-0.4, -0.2) is 60.1 Å². The molecule has 0 unspecified atom stereocenters. The van der Waals surface area contributed by atoms with Crippen molar-refractivity contribution in [1.29, 1.82) is 0 Å². The molecule has 0 spiro atoms. The molecule has 1 heterocycles. The van der Waals surface area contributed by atoms with Gasteiger partial charge in [0.15, 0.2) is 0 Å². The van der Waals surface area contributed by atoms with Crippen LogP contribution < -0.4 is 0 Å². The lowest BCUT2D eigenvalue weighted by atomic mass is 9.96. The van der Waals surface area contributed by atoms with Crippen LogP contribution in [0.5, 0.6) is 0 Å². The Kier molecular flexibility index (Phi) is 6.11. The van der Waals surface area contributed by atoms with Crippen molar-refractivity contribution in [3.8, 4) is 0 Å². The monoisotopic (exact) mass is 268 g/mol. The molecule has 1 saturated heterocycles. The largest absolute Gasteiger partial charge is 0.395 e. The predicted molar refractivity (Wildman–Crippen MR) is 75.9 cm³/mol. The van der Waals surface area contributed by atoms with Crippen LogP contribution in [0, 0.1) is 5.92 Å². The number of aliphatic hydroxyl groups is 1. The van der Waals surface area contributed by atoms with Gasteiger partial charge in [0.25, 0.3) is 0 Å². The van der Waals surface area contributed by atoms with E-state index in [-0.39, 0.29) is 6.61 Å². The van der Waals surface area contributed by atoms with Gasteiger partial charge in [-0.15, -0.1) is 0 Å². The van der Waals surface area contributed by atoms with Crippen molar-refractivity contribution in [2.24, 2.45) is 5.92 Å². The van der Waals surface area contributed by atoms with E-state index in [1.807, 2.05) is 4.90 Å². The lowest BCUT2D eigenvalue weighted by Crippen LogP contribution is -2.49. The van der Waals surface area contributed by atoms with Crippen LogP contribution in [0.25, 0.3) is 0 Å². The van der Waals surface area contributed by atoms with E-state index >= 15 is 0 Å². The molecule has 4 heteroatoms. The van der Waals surface area contributed by atoms with Gasteiger partial charge in [-0.05, 0) is 18.8 Å². The Labute approximate surface area is 116 Å². The average Bonchev–Trinajstić information content (AvgIpc) is 2.68. The number of amides is 1. The summed E-state index contributed by atoms with van der Waals surface area (Å²) in [6.07, 6.45) is 8.58. The smallest absolute Gasteiger partial charge is 0.222 e. The molecule has 0 radical (unpaired) electrons. The van der Waals surface area contributed by atoms with Gasteiger partial charge in [0, 0.05) is 39.1 Å². The van der Waals surface area contributed by atoms with Crippen LogP contribution >= 0.6 is 0 Å². The Morgan fingerprint density at radius 2 is 1.63 bits per heavy atom. The molecular weight excluding hydrogens is 240 g/mol. The Hall–Kier alpha value is -0.610. The first-order chi connectivity index (χ1) is 9.29. The van der Waals surface area contributed by atoms with Gasteiger partial charge in [-0.3, -0.25) is 9.69 Å². The van der Waals surface area contributed by atoms with Crippen molar-refractivity contribution < 1.29 is 9.90 Å². The fourth-order valence-corrected chi connectivity index (χ4v) is 3.31. The molecule has 0 atom stereocenters. The summed E-state index contributed by atoms with van der Waals surface area (Å²) < 4.78 is 0. The van der Waals surface area contributed by atoms with Gasteiger partial charge in [0.05, 0.1) is 6.61 Å². The van der Waals surface area contributed by atoms with E-state index in [9.17, 15) is 4.79 Å². The van der Waals surface area contributed by atoms with E-state index in [1.165, 1.54) is 38.5 Å². The van der Waals surface area contributed by atoms with Crippen molar-refractivity contribution in [3.63, 3.8) is 0 Å². The molecule has 2 fully saturated rings. The highest BCUT2D eigenvalue weighted by molar-refractivity contribution is 5.76. The normalized spacial score (nSPS) is 23.3. The van der Waals surface area contributed by atoms with Crippen LogP contribution in [0.15, 0.2) is 0 Å². The second-order valence-corrected chi connectivity index (χ2v) is 6.01. The number of carbonyl (C=O) groups is 1. The lowest BCUT2D eigenvalue weighted by Gasteiger charge is -2.35. The van der Waals surface area contributed by atoms with Gasteiger partial charge in [-0.1, -0.05) is 25.7 Å². The number of hydrogen-bond acceptors (Lipinski definition) is 3. The highest BCUT2D eigenvalue weighted by Gasteiger charge is 2.23. The summed E-state index contributed by atoms with van der Waals surface area (Å²) in [5.74, 6) is 0.987. The zero-order chi connectivity index (χ0) is 13.5. The number of nitrogens with zero attached hydrogens (tertiary/aromatic N) is 2. The summed E-state index contributed by atoms with van der Waals surface area (Å²) >= 11 is 0. The molecule has 0 aromatic rings. The van der Waals surface area contributed by atoms with Crippen LogP contribution in [0.3, 0.4) is 0 Å². The minimum absolute atomic E-state index is 0.218. The van der Waals surface area contributed by atoms with E-state index in [2.05, 4.69) is 4.90 Å². The van der Waals surface area contributed by atoms with E-state index < -0.39 is 0 Å². The Morgan fingerprint density at radius 1 is 1.00 bits per heavy atom. The summed E-state index contributed by atoms with van der Waals surface area (Å²) in [5, 5.41) is 8.91. The van der Waals surface area contributed by atoms with Crippen molar-refractivity contribution in [1.82, 2.24) is 9.80 Å². The van der Waals surface area contributed by atoms with Crippen molar-refractivity contribution in [3.05, 3.63) is 0 Å². The van der Waals surface area contributed by atoms with Crippen molar-refractivity contribution >= 4 is 5.91 Å². The van der Waals surface area contributed by atoms with E-state index in [1.54, 1.807) is 0 Å². The van der Waals surface area contributed by atoms with Crippen molar-refractivity contribution in [2.45, 2.75) is 44.9 Å². The highest BCUT2D eigenvalue weighted by atomic mass is 16.3. The number of hydrogen-bond donors (Lipinski definition) is 1. The fraction of sp³-hybridized carbons (Fsp3) is 0.933. The zero-order valence-electron chi connectivity index (χ0n) is 12.0. The lowest BCUT2D eigenvalue weighted by molar-refractivity contribution is -0.134. The fourth-order valence-electron chi connectivity index (χ4n) is 3.31. The second-order valence-electron chi connectivity index (χ2n) is 6.01. The summed E-state index contributed by atoms with van der Waals surface area (Å²) in [5.41, 5.74) is 0. The van der Waals surface area contributed by atoms with Crippen LogP contribution in [0.2, 0.25) is 0 Å². The van der Waals surface area contributed by atoms with Crippen LogP contribution in [0.4, 0.5) is 0 Å². The SMILES string of the molecule is O=C(CC1CCCCCC1)N1CCN(CCO)CC1. The number of piperazine rings is 1. The maximum absolute atomic E-state index is 12.3. The first-order valence-electron chi connectivity index (χ1n) is 7.90. The molecule has 0 aromatic carbocycles. The molecule has 1 N–H and O–H groups in total. The predicted octanol–water partition coefficient (Wildman–Crippen LogP) is 1.48. The number of β-amino-alcohol motifs (C(OH)–C–C–N with tert-alkyl or cyclic N) is 1. The van der Waals surface area contributed by atoms with Crippen LogP contribution in [-0.2, 0) is 4.79 Å². The molecule has 2 rings (SSSR count). The zero-order valence-corrected chi connectivity index (χ0v) is 12.0. The van der Waals surface area contributed by atoms with Gasteiger partial charge >= 0.3 is 0 Å². The first-order valence-corrected chi connectivity index (χ1v) is 7.90. The number of rotatable bonds is 4. The quantitative estimate of drug-likeness (QED) is 0.786. The number of aliphatic hydroxyl groups excluding tert-OH is 1. The third-order valence-corrected chi connectivity index (χ3v) is 4.58. The van der Waals surface area contributed by atoms with E-state index in [0.717, 1.165) is 39.1 Å². The molecule has 4 nitrogen and oxygen atoms in total. The topological polar surface area (TPSA) is 43.8 Å². The molecular formula is C15H28N2O2. The number of carbonyl (C=O) groups excluding carboxylic acids is 1. The van der Waals surface area contributed by atoms with Gasteiger partial charge < -0.3 is 10.0 Å². The van der Waals surface area contributed by atoms with Crippen LogP contribution in [0.1, 0.15) is 44.9 Å². The molecule has 2 aliphatic rings. The molecule has 19 heavy (non-hydrogen) atoms. The average molecular weight is 268 g/mol. The Morgan fingerprint density at radius 3 is 2.21 bits per heavy atom. The summed E-state index contributed by atoms with van der Waals surface area (Å²) in [4.78, 5) is 16.6. The third kappa shape index (κ3) is 4.77. The molecule has 0 bridgehead atoms. The Balaban J connectivity index is 1.71. The summed E-state index contributed by atoms with van der Waals surface area (Å²) in [6, 6.07) is 0. The summed E-state index contributed by atoms with van der Waals surface area (Å²) in [6.45, 7) is 4.46. The Bertz CT molecular complexity index is 267. The van der Waals surface area contributed by atoms with Gasteiger partial charge in [-0.25, -0.2) is 0 Å². The molecule has 0 aromatic heterocycles. The van der Waals surface area contributed by atoms with Gasteiger partial charge in [-0.2, -0.15) is 0 Å². The maximum Gasteiger partial charge on any atom is 0.222 e. The molecule has 1 aliphatic carbocycles. The van der Waals surface area contributed by atoms with Gasteiger partial charge in [0.2, 0.25) is 5.91 Å². The second kappa shape index (κ2) is 7.85. The highest BCUT2D eigenvalue weighted by Crippen LogP contribution is 2.26. The minimum atomic E-state index is 0.218. The molecule has 110 valence electrons. The minimum Gasteiger partial charge on any atom is -0.395 e. The molecule has 1 amide bonds. The molecule has 1 saturated carbocycles. The summed E-state index contributed by atoms with van der Waals surface area (Å²) in [7, 11) is 0. The van der Waals surface area contributed by atoms with Crippen molar-refractivity contribution in [2.75, 3.05) is 39.3 Å². The maximum atomic E-state index is 12.3. The first kappa shape index (κ1) is 14.8. The van der Waals surface area contributed by atoms with Gasteiger partial charge in [0.1, 0.15) is 0 Å². The standard InChI is InChI=1S/C15H28N2O2/c18-12-11-16-7-9-17(10-8-16)15(19)13-14-5-3-1-2-4-6-14/h14,18H,1-13H2. The molecule has 1 aliphatic heterocycles.